The van der Waals surface area contributed by atoms with Gasteiger partial charge in [-0.1, -0.05) is 41.9 Å². The van der Waals surface area contributed by atoms with Crippen molar-refractivity contribution in [2.75, 3.05) is 19.7 Å². The Morgan fingerprint density at radius 3 is 2.51 bits per heavy atom. The van der Waals surface area contributed by atoms with E-state index in [4.69, 9.17) is 16.3 Å². The zero-order valence-electron chi connectivity index (χ0n) is 19.1. The van der Waals surface area contributed by atoms with Crippen molar-refractivity contribution in [3.63, 3.8) is 0 Å². The van der Waals surface area contributed by atoms with Crippen molar-refractivity contribution in [2.45, 2.75) is 18.2 Å². The maximum atomic E-state index is 13.3. The molecule has 0 aliphatic carbocycles. The topological polar surface area (TPSA) is 108 Å². The fraction of sp³-hybridized carbons (Fsp3) is 0.200. The van der Waals surface area contributed by atoms with E-state index in [0.717, 1.165) is 9.87 Å². The van der Waals surface area contributed by atoms with Crippen molar-refractivity contribution < 1.29 is 23.1 Å². The first-order chi connectivity index (χ1) is 16.8. The molecule has 8 nitrogen and oxygen atoms in total. The minimum absolute atomic E-state index is 0.00509. The molecule has 2 N–H and O–H groups in total. The number of aromatic hydroxyl groups is 1. The number of amides is 1. The fourth-order valence-corrected chi connectivity index (χ4v) is 4.72. The molecule has 1 amide bonds. The molecule has 0 aromatic heterocycles. The lowest BCUT2D eigenvalue weighted by Crippen LogP contribution is -2.40. The van der Waals surface area contributed by atoms with Crippen LogP contribution in [0.3, 0.4) is 0 Å². The summed E-state index contributed by atoms with van der Waals surface area (Å²) in [5.41, 5.74) is 3.89. The molecule has 0 atom stereocenters. The molecule has 10 heteroatoms. The van der Waals surface area contributed by atoms with Gasteiger partial charge in [0, 0.05) is 11.6 Å². The van der Waals surface area contributed by atoms with Crippen molar-refractivity contribution in [3.8, 4) is 11.5 Å². The normalized spacial score (nSPS) is 11.6. The molecule has 3 aromatic carbocycles. The zero-order chi connectivity index (χ0) is 25.3. The van der Waals surface area contributed by atoms with Gasteiger partial charge in [-0.2, -0.15) is 9.41 Å². The Hall–Kier alpha value is -3.40. The number of halogens is 1. The van der Waals surface area contributed by atoms with Crippen LogP contribution in [-0.4, -0.2) is 49.6 Å². The first kappa shape index (κ1) is 26.2. The van der Waals surface area contributed by atoms with Crippen molar-refractivity contribution in [2.24, 2.45) is 5.10 Å². The lowest BCUT2D eigenvalue weighted by Gasteiger charge is -2.21. The average Bonchev–Trinajstić information content (AvgIpc) is 2.84. The summed E-state index contributed by atoms with van der Waals surface area (Å²) in [5.74, 6) is -0.311. The maximum Gasteiger partial charge on any atom is 0.255 e. The second-order valence-electron chi connectivity index (χ2n) is 7.48. The SMILES string of the molecule is CCOc1cc(/C=N/NC(=O)CN(CCc2ccccc2)S(=O)(=O)c2ccc(Cl)cc2)ccc1O. The van der Waals surface area contributed by atoms with Gasteiger partial charge in [-0.05, 0) is 66.9 Å². The number of phenols is 1. The van der Waals surface area contributed by atoms with Crippen molar-refractivity contribution >= 4 is 33.7 Å². The highest BCUT2D eigenvalue weighted by molar-refractivity contribution is 7.89. The minimum Gasteiger partial charge on any atom is -0.504 e. The minimum atomic E-state index is -3.96. The number of carbonyl (C=O) groups is 1. The number of hydrogen-bond acceptors (Lipinski definition) is 6. The van der Waals surface area contributed by atoms with Gasteiger partial charge >= 0.3 is 0 Å². The Morgan fingerprint density at radius 2 is 1.83 bits per heavy atom. The van der Waals surface area contributed by atoms with Crippen LogP contribution in [0, 0.1) is 0 Å². The summed E-state index contributed by atoms with van der Waals surface area (Å²) in [6.45, 7) is 1.85. The number of sulfonamides is 1. The summed E-state index contributed by atoms with van der Waals surface area (Å²) in [5, 5.41) is 14.1. The summed E-state index contributed by atoms with van der Waals surface area (Å²) >= 11 is 5.90. The Kier molecular flexibility index (Phi) is 9.25. The van der Waals surface area contributed by atoms with E-state index in [9.17, 15) is 18.3 Å². The van der Waals surface area contributed by atoms with Crippen LogP contribution in [0.1, 0.15) is 18.1 Å². The molecule has 0 saturated carbocycles. The van der Waals surface area contributed by atoms with Crippen LogP contribution in [0.5, 0.6) is 11.5 Å². The first-order valence-electron chi connectivity index (χ1n) is 10.9. The van der Waals surface area contributed by atoms with E-state index in [-0.39, 0.29) is 17.2 Å². The highest BCUT2D eigenvalue weighted by atomic mass is 35.5. The van der Waals surface area contributed by atoms with Crippen molar-refractivity contribution in [3.05, 3.63) is 88.9 Å². The zero-order valence-corrected chi connectivity index (χ0v) is 20.7. The Bertz CT molecular complexity index is 1270. The van der Waals surface area contributed by atoms with Crippen LogP contribution < -0.4 is 10.2 Å². The molecular formula is C25H26ClN3O5S. The Labute approximate surface area is 209 Å². The average molecular weight is 516 g/mol. The third-order valence-electron chi connectivity index (χ3n) is 4.95. The molecule has 0 aliphatic rings. The van der Waals surface area contributed by atoms with E-state index in [0.29, 0.717) is 29.4 Å². The number of benzene rings is 3. The van der Waals surface area contributed by atoms with Crippen molar-refractivity contribution in [1.29, 1.82) is 0 Å². The molecule has 35 heavy (non-hydrogen) atoms. The first-order valence-corrected chi connectivity index (χ1v) is 12.7. The standard InChI is InChI=1S/C25H26ClN3O5S/c1-2-34-24-16-20(8-13-23(24)30)17-27-28-25(31)18-29(15-14-19-6-4-3-5-7-19)35(32,33)22-11-9-21(26)10-12-22/h3-13,16-17,30H,2,14-15,18H2,1H3,(H,28,31)/b27-17+. The van der Waals surface area contributed by atoms with Gasteiger partial charge in [0.15, 0.2) is 11.5 Å². The van der Waals surface area contributed by atoms with Gasteiger partial charge in [0.25, 0.3) is 5.91 Å². The Morgan fingerprint density at radius 1 is 1.11 bits per heavy atom. The predicted octanol–water partition coefficient (Wildman–Crippen LogP) is 3.83. The van der Waals surface area contributed by atoms with Gasteiger partial charge in [0.05, 0.1) is 24.3 Å². The number of phenolic OH excluding ortho intramolecular Hbond substituents is 1. The van der Waals surface area contributed by atoms with E-state index in [1.165, 1.54) is 36.5 Å². The number of carbonyl (C=O) groups excluding carboxylic acids is 1. The highest BCUT2D eigenvalue weighted by Crippen LogP contribution is 2.26. The van der Waals surface area contributed by atoms with E-state index < -0.39 is 22.5 Å². The molecule has 0 radical (unpaired) electrons. The highest BCUT2D eigenvalue weighted by Gasteiger charge is 2.26. The van der Waals surface area contributed by atoms with E-state index >= 15 is 0 Å². The summed E-state index contributed by atoms with van der Waals surface area (Å²) in [7, 11) is -3.96. The number of nitrogens with one attached hydrogen (secondary N) is 1. The lowest BCUT2D eigenvalue weighted by molar-refractivity contribution is -0.121. The van der Waals surface area contributed by atoms with Gasteiger partial charge in [0.1, 0.15) is 0 Å². The molecule has 0 spiro atoms. The fourth-order valence-electron chi connectivity index (χ4n) is 3.19. The second-order valence-corrected chi connectivity index (χ2v) is 9.86. The predicted molar refractivity (Wildman–Crippen MR) is 135 cm³/mol. The van der Waals surface area contributed by atoms with E-state index in [1.807, 2.05) is 30.3 Å². The lowest BCUT2D eigenvalue weighted by atomic mass is 10.1. The van der Waals surface area contributed by atoms with E-state index in [1.54, 1.807) is 19.1 Å². The molecule has 3 rings (SSSR count). The van der Waals surface area contributed by atoms with Crippen LogP contribution in [0.4, 0.5) is 0 Å². The quantitative estimate of drug-likeness (QED) is 0.298. The molecule has 0 unspecified atom stereocenters. The van der Waals surface area contributed by atoms with Gasteiger partial charge in [-0.3, -0.25) is 4.79 Å². The van der Waals surface area contributed by atoms with Crippen LogP contribution >= 0.6 is 11.6 Å². The number of hydrogen-bond donors (Lipinski definition) is 2. The molecule has 0 saturated heterocycles. The molecular weight excluding hydrogens is 490 g/mol. The number of rotatable bonds is 11. The second kappa shape index (κ2) is 12.3. The largest absolute Gasteiger partial charge is 0.504 e. The van der Waals surface area contributed by atoms with Crippen LogP contribution in [0.25, 0.3) is 0 Å². The monoisotopic (exact) mass is 515 g/mol. The summed E-state index contributed by atoms with van der Waals surface area (Å²) in [6.07, 6.45) is 1.81. The van der Waals surface area contributed by atoms with Crippen LogP contribution in [0.2, 0.25) is 5.02 Å². The van der Waals surface area contributed by atoms with Gasteiger partial charge in [-0.25, -0.2) is 13.8 Å². The summed E-state index contributed by atoms with van der Waals surface area (Å²) < 4.78 is 32.9. The van der Waals surface area contributed by atoms with Gasteiger partial charge in [-0.15, -0.1) is 0 Å². The van der Waals surface area contributed by atoms with Gasteiger partial charge < -0.3 is 9.84 Å². The molecule has 0 heterocycles. The maximum absolute atomic E-state index is 13.3. The third kappa shape index (κ3) is 7.54. The van der Waals surface area contributed by atoms with E-state index in [2.05, 4.69) is 10.5 Å². The number of nitrogens with zero attached hydrogens (tertiary/aromatic N) is 2. The third-order valence-corrected chi connectivity index (χ3v) is 7.06. The number of hydrazone groups is 1. The number of ether oxygens (including phenoxy) is 1. The molecule has 184 valence electrons. The van der Waals surface area contributed by atoms with Crippen LogP contribution in [-0.2, 0) is 21.2 Å². The van der Waals surface area contributed by atoms with Crippen molar-refractivity contribution in [1.82, 2.24) is 9.73 Å². The summed E-state index contributed by atoms with van der Waals surface area (Å²) in [4.78, 5) is 12.6. The summed E-state index contributed by atoms with van der Waals surface area (Å²) in [6, 6.07) is 19.8. The molecule has 0 aliphatic heterocycles. The van der Waals surface area contributed by atoms with Crippen LogP contribution in [0.15, 0.2) is 82.8 Å². The molecule has 0 fully saturated rings. The Balaban J connectivity index is 1.72. The van der Waals surface area contributed by atoms with Gasteiger partial charge in [0.2, 0.25) is 10.0 Å². The molecule has 3 aromatic rings. The molecule has 0 bridgehead atoms. The smallest absolute Gasteiger partial charge is 0.255 e.